The van der Waals surface area contributed by atoms with Crippen LogP contribution in [0, 0.1) is 6.92 Å². The number of benzene rings is 3. The van der Waals surface area contributed by atoms with Crippen LogP contribution in [-0.2, 0) is 5.60 Å². The van der Waals surface area contributed by atoms with Gasteiger partial charge in [0.05, 0.1) is 0 Å². The number of aliphatic hydroxyl groups is 1. The highest BCUT2D eigenvalue weighted by Crippen LogP contribution is 2.33. The largest absolute Gasteiger partial charge is 0.373 e. The zero-order valence-electron chi connectivity index (χ0n) is 12.9. The highest BCUT2D eigenvalue weighted by Gasteiger charge is 2.40. The number of Topliss-reactive ketones (excluding diaryl/α,β-unsaturated/α-hetero) is 1. The van der Waals surface area contributed by atoms with Crippen molar-refractivity contribution in [1.29, 1.82) is 0 Å². The van der Waals surface area contributed by atoms with Crippen molar-refractivity contribution in [2.24, 2.45) is 0 Å². The quantitative estimate of drug-likeness (QED) is 0.736. The summed E-state index contributed by atoms with van der Waals surface area (Å²) in [5.74, 6) is -0.324. The van der Waals surface area contributed by atoms with Gasteiger partial charge in [-0.2, -0.15) is 0 Å². The minimum Gasteiger partial charge on any atom is -0.373 e. The molecule has 0 aliphatic heterocycles. The molecule has 0 fully saturated rings. The highest BCUT2D eigenvalue weighted by molar-refractivity contribution is 6.05. The van der Waals surface area contributed by atoms with E-state index in [9.17, 15) is 9.90 Å². The Morgan fingerprint density at radius 1 is 0.739 bits per heavy atom. The molecule has 2 nitrogen and oxygen atoms in total. The fourth-order valence-electron chi connectivity index (χ4n) is 2.70. The Labute approximate surface area is 136 Å². The van der Waals surface area contributed by atoms with Crippen molar-refractivity contribution < 1.29 is 9.90 Å². The van der Waals surface area contributed by atoms with Crippen LogP contribution in [0.1, 0.15) is 27.0 Å². The molecule has 0 bridgehead atoms. The zero-order valence-corrected chi connectivity index (χ0v) is 12.9. The Balaban J connectivity index is 2.16. The molecule has 0 aromatic heterocycles. The lowest BCUT2D eigenvalue weighted by Gasteiger charge is -2.28. The van der Waals surface area contributed by atoms with Gasteiger partial charge in [0.25, 0.3) is 0 Å². The van der Waals surface area contributed by atoms with Crippen LogP contribution in [0.2, 0.25) is 0 Å². The summed E-state index contributed by atoms with van der Waals surface area (Å²) in [6.07, 6.45) is 0. The lowest BCUT2D eigenvalue weighted by Crippen LogP contribution is -2.37. The van der Waals surface area contributed by atoms with Crippen LogP contribution in [0.4, 0.5) is 0 Å². The summed E-state index contributed by atoms with van der Waals surface area (Å²) in [7, 11) is 0. The molecule has 114 valence electrons. The maximum Gasteiger partial charge on any atom is 0.203 e. The Hall–Kier alpha value is -2.71. The highest BCUT2D eigenvalue weighted by atomic mass is 16.3. The number of rotatable bonds is 4. The van der Waals surface area contributed by atoms with Crippen LogP contribution < -0.4 is 0 Å². The van der Waals surface area contributed by atoms with Crippen LogP contribution in [0.5, 0.6) is 0 Å². The predicted molar refractivity (Wildman–Crippen MR) is 91.4 cm³/mol. The van der Waals surface area contributed by atoms with Gasteiger partial charge in [0, 0.05) is 5.56 Å². The van der Waals surface area contributed by atoms with Gasteiger partial charge in [0.15, 0.2) is 5.60 Å². The molecule has 0 spiro atoms. The van der Waals surface area contributed by atoms with E-state index >= 15 is 0 Å². The summed E-state index contributed by atoms with van der Waals surface area (Å²) in [6.45, 7) is 1.97. The zero-order chi connectivity index (χ0) is 16.3. The minimum absolute atomic E-state index is 0.324. The Morgan fingerprint density at radius 3 is 1.61 bits per heavy atom. The number of aryl methyl sites for hydroxylation is 1. The third-order valence-electron chi connectivity index (χ3n) is 4.03. The molecule has 0 heterocycles. The maximum absolute atomic E-state index is 13.1. The summed E-state index contributed by atoms with van der Waals surface area (Å²) >= 11 is 0. The summed E-state index contributed by atoms with van der Waals surface area (Å²) in [5, 5.41) is 11.4. The lowest BCUT2D eigenvalue weighted by atomic mass is 9.80. The molecule has 3 rings (SSSR count). The van der Waals surface area contributed by atoms with Gasteiger partial charge in [-0.05, 0) is 18.1 Å². The molecule has 3 aromatic rings. The van der Waals surface area contributed by atoms with Gasteiger partial charge in [-0.3, -0.25) is 4.79 Å². The average Bonchev–Trinajstić information content (AvgIpc) is 2.62. The van der Waals surface area contributed by atoms with E-state index < -0.39 is 5.60 Å². The van der Waals surface area contributed by atoms with Gasteiger partial charge in [-0.25, -0.2) is 0 Å². The van der Waals surface area contributed by atoms with Crippen molar-refractivity contribution in [2.45, 2.75) is 12.5 Å². The summed E-state index contributed by atoms with van der Waals surface area (Å²) < 4.78 is 0. The molecule has 0 aliphatic carbocycles. The van der Waals surface area contributed by atoms with Crippen molar-refractivity contribution in [3.63, 3.8) is 0 Å². The summed E-state index contributed by atoms with van der Waals surface area (Å²) in [5.41, 5.74) is 1.00. The second kappa shape index (κ2) is 6.19. The van der Waals surface area contributed by atoms with E-state index in [2.05, 4.69) is 0 Å². The lowest BCUT2D eigenvalue weighted by molar-refractivity contribution is 0.0488. The SMILES string of the molecule is Cc1ccc(C(=O)C(O)(c2ccccc2)c2ccccc2)cc1. The van der Waals surface area contributed by atoms with E-state index in [0.29, 0.717) is 16.7 Å². The molecule has 23 heavy (non-hydrogen) atoms. The minimum atomic E-state index is -1.70. The monoisotopic (exact) mass is 302 g/mol. The molecule has 0 aliphatic rings. The standard InChI is InChI=1S/C21H18O2/c1-16-12-14-17(15-13-16)20(22)21(23,18-8-4-2-5-9-18)19-10-6-3-7-11-19/h2-15,23H,1H3. The molecule has 0 atom stereocenters. The third-order valence-corrected chi connectivity index (χ3v) is 4.03. The third kappa shape index (κ3) is 2.81. The first-order valence-corrected chi connectivity index (χ1v) is 7.57. The van der Waals surface area contributed by atoms with E-state index in [4.69, 9.17) is 0 Å². The molecule has 0 amide bonds. The van der Waals surface area contributed by atoms with E-state index in [1.54, 1.807) is 36.4 Å². The Kier molecular flexibility index (Phi) is 4.09. The summed E-state index contributed by atoms with van der Waals surface area (Å²) in [4.78, 5) is 13.1. The smallest absolute Gasteiger partial charge is 0.203 e. The Morgan fingerprint density at radius 2 is 1.17 bits per heavy atom. The number of carbonyl (C=O) groups is 1. The first-order valence-electron chi connectivity index (χ1n) is 7.57. The van der Waals surface area contributed by atoms with Gasteiger partial charge in [0.1, 0.15) is 0 Å². The van der Waals surface area contributed by atoms with Crippen LogP contribution >= 0.6 is 0 Å². The molecule has 1 N–H and O–H groups in total. The normalized spacial score (nSPS) is 11.2. The van der Waals surface area contributed by atoms with Crippen molar-refractivity contribution >= 4 is 5.78 Å². The molecular formula is C21H18O2. The fourth-order valence-corrected chi connectivity index (χ4v) is 2.70. The van der Waals surface area contributed by atoms with Crippen molar-refractivity contribution in [1.82, 2.24) is 0 Å². The van der Waals surface area contributed by atoms with Gasteiger partial charge >= 0.3 is 0 Å². The molecule has 2 heteroatoms. The van der Waals surface area contributed by atoms with Crippen molar-refractivity contribution in [2.75, 3.05) is 0 Å². The van der Waals surface area contributed by atoms with Gasteiger partial charge in [-0.15, -0.1) is 0 Å². The number of carbonyl (C=O) groups excluding carboxylic acids is 1. The predicted octanol–water partition coefficient (Wildman–Crippen LogP) is 4.11. The Bertz CT molecular complexity index is 751. The number of hydrogen-bond acceptors (Lipinski definition) is 2. The van der Waals surface area contributed by atoms with E-state index in [0.717, 1.165) is 5.56 Å². The first-order chi connectivity index (χ1) is 11.1. The molecule has 3 aromatic carbocycles. The van der Waals surface area contributed by atoms with Crippen LogP contribution in [0.25, 0.3) is 0 Å². The van der Waals surface area contributed by atoms with E-state index in [-0.39, 0.29) is 5.78 Å². The average molecular weight is 302 g/mol. The second-order valence-electron chi connectivity index (χ2n) is 5.64. The van der Waals surface area contributed by atoms with E-state index in [1.165, 1.54) is 0 Å². The van der Waals surface area contributed by atoms with Crippen LogP contribution in [0.15, 0.2) is 84.9 Å². The molecule has 0 unspecified atom stereocenters. The van der Waals surface area contributed by atoms with Gasteiger partial charge in [-0.1, -0.05) is 90.5 Å². The molecule has 0 radical (unpaired) electrons. The van der Waals surface area contributed by atoms with Crippen molar-refractivity contribution in [3.8, 4) is 0 Å². The summed E-state index contributed by atoms with van der Waals surface area (Å²) in [6, 6.07) is 25.4. The maximum atomic E-state index is 13.1. The topological polar surface area (TPSA) is 37.3 Å². The van der Waals surface area contributed by atoms with Gasteiger partial charge < -0.3 is 5.11 Å². The first kappa shape index (κ1) is 15.2. The van der Waals surface area contributed by atoms with E-state index in [1.807, 2.05) is 55.5 Å². The molecular weight excluding hydrogens is 284 g/mol. The van der Waals surface area contributed by atoms with Crippen LogP contribution in [-0.4, -0.2) is 10.9 Å². The molecule has 0 saturated heterocycles. The fraction of sp³-hybridized carbons (Fsp3) is 0.0952. The van der Waals surface area contributed by atoms with Gasteiger partial charge in [0.2, 0.25) is 5.78 Å². The number of hydrogen-bond donors (Lipinski definition) is 1. The van der Waals surface area contributed by atoms with Crippen molar-refractivity contribution in [3.05, 3.63) is 107 Å². The second-order valence-corrected chi connectivity index (χ2v) is 5.64. The van der Waals surface area contributed by atoms with Crippen LogP contribution in [0.3, 0.4) is 0 Å². The number of ketones is 1. The molecule has 0 saturated carbocycles.